The highest BCUT2D eigenvalue weighted by atomic mass is 32.2. The molecule has 6 heteroatoms. The summed E-state index contributed by atoms with van der Waals surface area (Å²) < 4.78 is 32.4. The Bertz CT molecular complexity index is 485. The molecule has 0 aliphatic carbocycles. The number of hydrogen-bond donors (Lipinski definition) is 1. The van der Waals surface area contributed by atoms with Crippen molar-refractivity contribution in [2.45, 2.75) is 6.04 Å². The number of fused-ring (bicyclic) bond motifs is 1. The maximum atomic E-state index is 11.7. The minimum absolute atomic E-state index is 0.302. The highest BCUT2D eigenvalue weighted by Gasteiger charge is 2.28. The van der Waals surface area contributed by atoms with Crippen LogP contribution in [0.3, 0.4) is 0 Å². The number of benzene rings is 1. The van der Waals surface area contributed by atoms with Crippen molar-refractivity contribution in [3.63, 3.8) is 0 Å². The zero-order valence-corrected chi connectivity index (χ0v) is 9.99. The van der Waals surface area contributed by atoms with Crippen molar-refractivity contribution in [1.29, 1.82) is 0 Å². The molecule has 1 atom stereocenters. The van der Waals surface area contributed by atoms with Gasteiger partial charge in [-0.1, -0.05) is 18.2 Å². The van der Waals surface area contributed by atoms with Crippen molar-refractivity contribution in [3.8, 4) is 5.75 Å². The Labute approximate surface area is 95.2 Å². The summed E-state index contributed by atoms with van der Waals surface area (Å²) in [6, 6.07) is 7.12. The minimum Gasteiger partial charge on any atom is -0.491 e. The number of nitrogens with zero attached hydrogens (tertiary/aromatic N) is 1. The van der Waals surface area contributed by atoms with Crippen LogP contribution >= 0.6 is 0 Å². The minimum atomic E-state index is -3.42. The van der Waals surface area contributed by atoms with Crippen LogP contribution in [0.15, 0.2) is 24.3 Å². The van der Waals surface area contributed by atoms with Gasteiger partial charge in [-0.25, -0.2) is 0 Å². The number of nitrogens with one attached hydrogen (secondary N) is 1. The molecule has 1 aliphatic rings. The Morgan fingerprint density at radius 1 is 1.38 bits per heavy atom. The fourth-order valence-electron chi connectivity index (χ4n) is 1.55. The van der Waals surface area contributed by atoms with Crippen LogP contribution in [-0.2, 0) is 10.2 Å². The Morgan fingerprint density at radius 3 is 2.75 bits per heavy atom. The Balaban J connectivity index is 2.21. The van der Waals surface area contributed by atoms with E-state index < -0.39 is 10.2 Å². The van der Waals surface area contributed by atoms with E-state index in [-0.39, 0.29) is 6.04 Å². The van der Waals surface area contributed by atoms with Gasteiger partial charge in [0.2, 0.25) is 0 Å². The fraction of sp³-hybridized carbons (Fsp3) is 0.400. The zero-order chi connectivity index (χ0) is 11.8. The van der Waals surface area contributed by atoms with Crippen molar-refractivity contribution in [2.24, 2.45) is 0 Å². The van der Waals surface area contributed by atoms with Crippen LogP contribution in [0.1, 0.15) is 11.6 Å². The Hall–Kier alpha value is -1.11. The van der Waals surface area contributed by atoms with Gasteiger partial charge in [-0.05, 0) is 6.07 Å². The lowest BCUT2D eigenvalue weighted by Gasteiger charge is -2.16. The standard InChI is InChI=1S/C10H14N2O3S/c1-12(2)16(13,14)11-9-7-15-10-6-4-3-5-8(9)10/h3-6,9,11H,7H2,1-2H3. The smallest absolute Gasteiger partial charge is 0.279 e. The summed E-state index contributed by atoms with van der Waals surface area (Å²) >= 11 is 0. The molecule has 5 nitrogen and oxygen atoms in total. The van der Waals surface area contributed by atoms with Gasteiger partial charge in [0.05, 0.1) is 6.04 Å². The van der Waals surface area contributed by atoms with Gasteiger partial charge in [0, 0.05) is 19.7 Å². The fourth-order valence-corrected chi connectivity index (χ4v) is 2.31. The van der Waals surface area contributed by atoms with Crippen LogP contribution < -0.4 is 9.46 Å². The van der Waals surface area contributed by atoms with Gasteiger partial charge in [-0.15, -0.1) is 0 Å². The summed E-state index contributed by atoms with van der Waals surface area (Å²) in [4.78, 5) is 0. The summed E-state index contributed by atoms with van der Waals surface area (Å²) in [5, 5.41) is 0. The van der Waals surface area contributed by atoms with E-state index in [1.54, 1.807) is 0 Å². The van der Waals surface area contributed by atoms with Gasteiger partial charge in [0.15, 0.2) is 0 Å². The van der Waals surface area contributed by atoms with Crippen LogP contribution in [0, 0.1) is 0 Å². The lowest BCUT2D eigenvalue weighted by Crippen LogP contribution is -2.38. The van der Waals surface area contributed by atoms with Crippen LogP contribution in [0.5, 0.6) is 5.75 Å². The average molecular weight is 242 g/mol. The zero-order valence-electron chi connectivity index (χ0n) is 9.17. The summed E-state index contributed by atoms with van der Waals surface area (Å²) in [5.41, 5.74) is 0.882. The van der Waals surface area contributed by atoms with E-state index in [1.807, 2.05) is 24.3 Å². The molecule has 0 bridgehead atoms. The van der Waals surface area contributed by atoms with E-state index in [0.717, 1.165) is 15.6 Å². The molecule has 1 aromatic carbocycles. The molecule has 1 unspecified atom stereocenters. The van der Waals surface area contributed by atoms with Crippen molar-refractivity contribution in [3.05, 3.63) is 29.8 Å². The number of ether oxygens (including phenoxy) is 1. The molecule has 1 N–H and O–H groups in total. The first-order valence-electron chi connectivity index (χ1n) is 4.92. The molecule has 0 fully saturated rings. The topological polar surface area (TPSA) is 58.6 Å². The average Bonchev–Trinajstić information content (AvgIpc) is 2.61. The third kappa shape index (κ3) is 2.04. The van der Waals surface area contributed by atoms with Crippen LogP contribution in [0.2, 0.25) is 0 Å². The Morgan fingerprint density at radius 2 is 2.06 bits per heavy atom. The third-order valence-electron chi connectivity index (χ3n) is 2.47. The third-order valence-corrected chi connectivity index (χ3v) is 4.02. The highest BCUT2D eigenvalue weighted by molar-refractivity contribution is 7.87. The van der Waals surface area contributed by atoms with E-state index in [1.165, 1.54) is 14.1 Å². The molecule has 0 aromatic heterocycles. The van der Waals surface area contributed by atoms with Crippen molar-refractivity contribution in [2.75, 3.05) is 20.7 Å². The summed E-state index contributed by atoms with van der Waals surface area (Å²) in [7, 11) is -0.441. The predicted octanol–water partition coefficient (Wildman–Crippen LogP) is 0.516. The lowest BCUT2D eigenvalue weighted by atomic mass is 10.1. The Kier molecular flexibility index (Phi) is 2.88. The van der Waals surface area contributed by atoms with E-state index in [9.17, 15) is 8.42 Å². The molecule has 0 saturated heterocycles. The van der Waals surface area contributed by atoms with Crippen molar-refractivity contribution < 1.29 is 13.2 Å². The molecule has 0 radical (unpaired) electrons. The van der Waals surface area contributed by atoms with E-state index in [0.29, 0.717) is 6.61 Å². The molecule has 1 aromatic rings. The molecular formula is C10H14N2O3S. The van der Waals surface area contributed by atoms with Crippen molar-refractivity contribution in [1.82, 2.24) is 9.03 Å². The summed E-state index contributed by atoms with van der Waals surface area (Å²) in [6.07, 6.45) is 0. The molecule has 88 valence electrons. The van der Waals surface area contributed by atoms with Gasteiger partial charge in [-0.3, -0.25) is 0 Å². The van der Waals surface area contributed by atoms with Gasteiger partial charge < -0.3 is 4.74 Å². The first kappa shape index (κ1) is 11.4. The first-order chi connectivity index (χ1) is 7.50. The van der Waals surface area contributed by atoms with E-state index in [2.05, 4.69) is 4.72 Å². The summed E-state index contributed by atoms with van der Waals surface area (Å²) in [5.74, 6) is 0.744. The van der Waals surface area contributed by atoms with Gasteiger partial charge in [0.25, 0.3) is 10.2 Å². The number of hydrogen-bond acceptors (Lipinski definition) is 3. The lowest BCUT2D eigenvalue weighted by molar-refractivity contribution is 0.323. The maximum absolute atomic E-state index is 11.7. The van der Waals surface area contributed by atoms with Gasteiger partial charge in [-0.2, -0.15) is 17.4 Å². The quantitative estimate of drug-likeness (QED) is 0.840. The molecule has 0 saturated carbocycles. The molecule has 1 aliphatic heterocycles. The molecule has 0 amide bonds. The predicted molar refractivity (Wildman–Crippen MR) is 60.4 cm³/mol. The van der Waals surface area contributed by atoms with E-state index >= 15 is 0 Å². The first-order valence-corrected chi connectivity index (χ1v) is 6.36. The molecule has 2 rings (SSSR count). The number of rotatable bonds is 3. The SMILES string of the molecule is CN(C)S(=O)(=O)NC1COc2ccccc21. The number of para-hydroxylation sites is 1. The molecular weight excluding hydrogens is 228 g/mol. The van der Waals surface area contributed by atoms with E-state index in [4.69, 9.17) is 4.74 Å². The highest BCUT2D eigenvalue weighted by Crippen LogP contribution is 2.32. The molecule has 16 heavy (non-hydrogen) atoms. The van der Waals surface area contributed by atoms with Crippen LogP contribution in [-0.4, -0.2) is 33.4 Å². The van der Waals surface area contributed by atoms with Gasteiger partial charge >= 0.3 is 0 Å². The summed E-state index contributed by atoms with van der Waals surface area (Å²) in [6.45, 7) is 0.340. The second kappa shape index (κ2) is 4.04. The maximum Gasteiger partial charge on any atom is 0.279 e. The second-order valence-electron chi connectivity index (χ2n) is 3.81. The largest absolute Gasteiger partial charge is 0.491 e. The molecule has 0 spiro atoms. The van der Waals surface area contributed by atoms with Crippen LogP contribution in [0.25, 0.3) is 0 Å². The monoisotopic (exact) mass is 242 g/mol. The van der Waals surface area contributed by atoms with Crippen LogP contribution in [0.4, 0.5) is 0 Å². The molecule has 1 heterocycles. The van der Waals surface area contributed by atoms with Crippen molar-refractivity contribution >= 4 is 10.2 Å². The van der Waals surface area contributed by atoms with Gasteiger partial charge in [0.1, 0.15) is 12.4 Å². The second-order valence-corrected chi connectivity index (χ2v) is 5.72. The normalized spacial score (nSPS) is 19.6.